The van der Waals surface area contributed by atoms with Gasteiger partial charge in [0.05, 0.1) is 6.61 Å². The van der Waals surface area contributed by atoms with Crippen LogP contribution < -0.4 is 10.2 Å². The van der Waals surface area contributed by atoms with Crippen LogP contribution in [-0.2, 0) is 4.74 Å². The second-order valence-corrected chi connectivity index (χ2v) is 4.79. The molecule has 0 spiro atoms. The Kier molecular flexibility index (Phi) is 5.21. The first-order valence-corrected chi connectivity index (χ1v) is 6.53. The number of likely N-dealkylation sites (N-methyl/N-ethyl adjacent to an activating group) is 1. The summed E-state index contributed by atoms with van der Waals surface area (Å²) in [7, 11) is 0.609. The Hall–Kier alpha value is -1.08. The number of hydrogen-bond acceptors (Lipinski definition) is 5. The van der Waals surface area contributed by atoms with Gasteiger partial charge < -0.3 is 19.5 Å². The molecule has 19 heavy (non-hydrogen) atoms. The third-order valence-electron chi connectivity index (χ3n) is 3.40. The van der Waals surface area contributed by atoms with Crippen molar-refractivity contribution in [2.24, 2.45) is 0 Å². The molecule has 5 nitrogen and oxygen atoms in total. The molecule has 1 saturated heterocycles. The van der Waals surface area contributed by atoms with Crippen LogP contribution in [0.4, 0.5) is 0 Å². The van der Waals surface area contributed by atoms with Crippen LogP contribution in [0.25, 0.3) is 0 Å². The summed E-state index contributed by atoms with van der Waals surface area (Å²) in [5.41, 5.74) is 0.440. The Morgan fingerprint density at radius 2 is 2.32 bits per heavy atom. The van der Waals surface area contributed by atoms with Gasteiger partial charge in [-0.05, 0) is 31.1 Å². The second kappa shape index (κ2) is 6.91. The maximum absolute atomic E-state index is 9.08. The van der Waals surface area contributed by atoms with E-state index in [1.54, 1.807) is 18.2 Å². The number of hydrogen-bond donors (Lipinski definition) is 2. The van der Waals surface area contributed by atoms with E-state index >= 15 is 0 Å². The third kappa shape index (κ3) is 4.21. The summed E-state index contributed by atoms with van der Waals surface area (Å²) in [4.78, 5) is 2.23. The Balaban J connectivity index is 1.77. The molecule has 1 atom stereocenters. The number of nitrogens with zero attached hydrogens (tertiary/aromatic N) is 1. The molecule has 1 heterocycles. The van der Waals surface area contributed by atoms with Gasteiger partial charge in [0.25, 0.3) is 0 Å². The van der Waals surface area contributed by atoms with E-state index in [1.165, 1.54) is 0 Å². The lowest BCUT2D eigenvalue weighted by atomic mass is 9.80. The fourth-order valence-corrected chi connectivity index (χ4v) is 2.12. The topological polar surface area (TPSA) is 62.2 Å². The second-order valence-electron chi connectivity index (χ2n) is 4.79. The van der Waals surface area contributed by atoms with E-state index in [-0.39, 0.29) is 0 Å². The van der Waals surface area contributed by atoms with Gasteiger partial charge in [-0.1, -0.05) is 12.1 Å². The van der Waals surface area contributed by atoms with Crippen LogP contribution in [0.5, 0.6) is 5.75 Å². The Morgan fingerprint density at radius 3 is 3.00 bits per heavy atom. The van der Waals surface area contributed by atoms with Gasteiger partial charge in [0, 0.05) is 19.2 Å². The molecule has 6 heteroatoms. The van der Waals surface area contributed by atoms with E-state index in [0.717, 1.165) is 26.2 Å². The molecule has 0 bridgehead atoms. The normalized spacial score (nSPS) is 18.8. The van der Waals surface area contributed by atoms with Gasteiger partial charge in [-0.2, -0.15) is 0 Å². The summed E-state index contributed by atoms with van der Waals surface area (Å²) < 4.78 is 11.0. The van der Waals surface area contributed by atoms with Crippen molar-refractivity contribution in [2.75, 3.05) is 33.4 Å². The van der Waals surface area contributed by atoms with Crippen LogP contribution in [0.1, 0.15) is 6.42 Å². The monoisotopic (exact) mass is 265 g/mol. The lowest BCUT2D eigenvalue weighted by molar-refractivity contribution is 0.147. The average molecular weight is 265 g/mol. The summed E-state index contributed by atoms with van der Waals surface area (Å²) in [6.07, 6.45) is 1.07. The molecule has 1 fully saturated rings. The smallest absolute Gasteiger partial charge is 0.488 e. The summed E-state index contributed by atoms with van der Waals surface area (Å²) in [6.45, 7) is 3.02. The number of ether oxygens (including phenoxy) is 2. The zero-order valence-electron chi connectivity index (χ0n) is 11.2. The van der Waals surface area contributed by atoms with Crippen molar-refractivity contribution < 1.29 is 19.5 Å². The highest BCUT2D eigenvalue weighted by atomic mass is 16.5. The maximum atomic E-state index is 9.08. The van der Waals surface area contributed by atoms with Gasteiger partial charge in [0.1, 0.15) is 12.4 Å². The molecule has 0 saturated carbocycles. The molecule has 104 valence electrons. The number of benzene rings is 1. The summed E-state index contributed by atoms with van der Waals surface area (Å²) >= 11 is 0. The predicted molar refractivity (Wildman–Crippen MR) is 73.6 cm³/mol. The first-order chi connectivity index (χ1) is 9.16. The van der Waals surface area contributed by atoms with E-state index in [4.69, 9.17) is 19.5 Å². The van der Waals surface area contributed by atoms with Gasteiger partial charge >= 0.3 is 7.12 Å². The molecular formula is C13H20BNO4. The van der Waals surface area contributed by atoms with Crippen LogP contribution in [0.3, 0.4) is 0 Å². The van der Waals surface area contributed by atoms with Crippen LogP contribution in [0.15, 0.2) is 24.3 Å². The standard InChI is InChI=1S/C13H20BNO4/c1-15(12-5-7-18-10-12)6-8-19-13-4-2-3-11(9-13)14(16)17/h2-4,9,12,16-17H,5-8,10H2,1H3. The van der Waals surface area contributed by atoms with Gasteiger partial charge in [-0.3, -0.25) is 4.90 Å². The highest BCUT2D eigenvalue weighted by Crippen LogP contribution is 2.11. The fraction of sp³-hybridized carbons (Fsp3) is 0.538. The Labute approximate surface area is 113 Å². The van der Waals surface area contributed by atoms with E-state index in [9.17, 15) is 0 Å². The molecular weight excluding hydrogens is 245 g/mol. The molecule has 0 aromatic heterocycles. The van der Waals surface area contributed by atoms with Gasteiger partial charge in [0.15, 0.2) is 0 Å². The van der Waals surface area contributed by atoms with Crippen molar-refractivity contribution in [3.05, 3.63) is 24.3 Å². The zero-order valence-corrected chi connectivity index (χ0v) is 11.2. The molecule has 2 rings (SSSR count). The van der Waals surface area contributed by atoms with Crippen LogP contribution in [-0.4, -0.2) is 61.5 Å². The first-order valence-electron chi connectivity index (χ1n) is 6.53. The van der Waals surface area contributed by atoms with Crippen molar-refractivity contribution in [3.8, 4) is 5.75 Å². The lowest BCUT2D eigenvalue weighted by Gasteiger charge is -2.22. The van der Waals surface area contributed by atoms with Gasteiger partial charge in [-0.15, -0.1) is 0 Å². The van der Waals surface area contributed by atoms with E-state index in [0.29, 0.717) is 23.9 Å². The van der Waals surface area contributed by atoms with Crippen LogP contribution in [0, 0.1) is 0 Å². The van der Waals surface area contributed by atoms with E-state index in [1.807, 2.05) is 6.07 Å². The van der Waals surface area contributed by atoms with Crippen molar-refractivity contribution >= 4 is 12.6 Å². The Morgan fingerprint density at radius 1 is 1.47 bits per heavy atom. The molecule has 1 aromatic rings. The molecule has 0 amide bonds. The first kappa shape index (κ1) is 14.3. The van der Waals surface area contributed by atoms with Crippen LogP contribution in [0.2, 0.25) is 0 Å². The Bertz CT molecular complexity index is 396. The minimum atomic E-state index is -1.46. The molecule has 1 unspecified atom stereocenters. The zero-order chi connectivity index (χ0) is 13.7. The van der Waals surface area contributed by atoms with E-state index in [2.05, 4.69) is 11.9 Å². The van der Waals surface area contributed by atoms with Crippen molar-refractivity contribution in [3.63, 3.8) is 0 Å². The molecule has 2 N–H and O–H groups in total. The van der Waals surface area contributed by atoms with Crippen molar-refractivity contribution in [1.29, 1.82) is 0 Å². The molecule has 1 aromatic carbocycles. The van der Waals surface area contributed by atoms with Crippen molar-refractivity contribution in [2.45, 2.75) is 12.5 Å². The quantitative estimate of drug-likeness (QED) is 0.677. The lowest BCUT2D eigenvalue weighted by Crippen LogP contribution is -2.35. The number of rotatable bonds is 6. The highest BCUT2D eigenvalue weighted by Gasteiger charge is 2.19. The molecule has 0 radical (unpaired) electrons. The molecule has 1 aliphatic rings. The van der Waals surface area contributed by atoms with Crippen LogP contribution >= 0.6 is 0 Å². The highest BCUT2D eigenvalue weighted by molar-refractivity contribution is 6.58. The third-order valence-corrected chi connectivity index (χ3v) is 3.40. The summed E-state index contributed by atoms with van der Waals surface area (Å²) in [6, 6.07) is 7.33. The molecule has 1 aliphatic heterocycles. The summed E-state index contributed by atoms with van der Waals surface area (Å²) in [5.74, 6) is 0.654. The minimum Gasteiger partial charge on any atom is -0.492 e. The van der Waals surface area contributed by atoms with Crippen molar-refractivity contribution in [1.82, 2.24) is 4.90 Å². The van der Waals surface area contributed by atoms with E-state index < -0.39 is 7.12 Å². The largest absolute Gasteiger partial charge is 0.492 e. The molecule has 0 aliphatic carbocycles. The van der Waals surface area contributed by atoms with Gasteiger partial charge in [-0.25, -0.2) is 0 Å². The minimum absolute atomic E-state index is 0.440. The maximum Gasteiger partial charge on any atom is 0.488 e. The SMILES string of the molecule is CN(CCOc1cccc(B(O)O)c1)C1CCOC1. The predicted octanol–water partition coefficient (Wildman–Crippen LogP) is -0.534. The van der Waals surface area contributed by atoms with Gasteiger partial charge in [0.2, 0.25) is 0 Å². The average Bonchev–Trinajstić information content (AvgIpc) is 2.93. The fourth-order valence-electron chi connectivity index (χ4n) is 2.12. The summed E-state index contributed by atoms with van der Waals surface area (Å²) in [5, 5.41) is 18.2.